The summed E-state index contributed by atoms with van der Waals surface area (Å²) in [7, 11) is -4.07. The van der Waals surface area contributed by atoms with Crippen LogP contribution in [0.3, 0.4) is 0 Å². The van der Waals surface area contributed by atoms with Crippen LogP contribution in [0.1, 0.15) is 20.9 Å². The van der Waals surface area contributed by atoms with Crippen molar-refractivity contribution in [3.63, 3.8) is 0 Å². The van der Waals surface area contributed by atoms with Crippen LogP contribution in [0.4, 0.5) is 19.6 Å². The lowest BCUT2D eigenvalue weighted by atomic mass is 10.1. The minimum absolute atomic E-state index is 0.0947. The van der Waals surface area contributed by atoms with Crippen LogP contribution in [0, 0.1) is 11.6 Å². The third kappa shape index (κ3) is 5.20. The highest BCUT2D eigenvalue weighted by Crippen LogP contribution is 2.34. The molecule has 1 aromatic heterocycles. The molecule has 1 aliphatic rings. The van der Waals surface area contributed by atoms with E-state index in [4.69, 9.17) is 16.7 Å². The van der Waals surface area contributed by atoms with Gasteiger partial charge < -0.3 is 15.3 Å². The number of nitrogens with one attached hydrogen (secondary N) is 1. The first kappa shape index (κ1) is 25.2. The molecule has 0 saturated carbocycles. The predicted octanol–water partition coefficient (Wildman–Crippen LogP) is 3.22. The van der Waals surface area contributed by atoms with E-state index >= 15 is 0 Å². The summed E-state index contributed by atoms with van der Waals surface area (Å²) in [6.45, 7) is -0.360. The SMILES string of the molecule is O=C(Cc1c(F)cc(S(=O)(=O)CCO)cc1F)Nc1nc2c(s1)C(=O)N(c1ccccc1Cl)CC2. The van der Waals surface area contributed by atoms with Crippen LogP contribution in [-0.2, 0) is 27.5 Å². The van der Waals surface area contributed by atoms with Crippen molar-refractivity contribution < 1.29 is 31.9 Å². The molecule has 184 valence electrons. The fourth-order valence-electron chi connectivity index (χ4n) is 3.57. The molecule has 2 amide bonds. The fraction of sp³-hybridized carbons (Fsp3) is 0.227. The van der Waals surface area contributed by atoms with Crippen LogP contribution in [-0.4, -0.2) is 49.2 Å². The van der Waals surface area contributed by atoms with E-state index in [0.717, 1.165) is 11.3 Å². The molecule has 0 radical (unpaired) electrons. The summed E-state index contributed by atoms with van der Waals surface area (Å²) in [5.41, 5.74) is 0.432. The Morgan fingerprint density at radius 2 is 1.91 bits per heavy atom. The second kappa shape index (κ2) is 9.97. The largest absolute Gasteiger partial charge is 0.395 e. The van der Waals surface area contributed by atoms with Crippen LogP contribution in [0.15, 0.2) is 41.3 Å². The van der Waals surface area contributed by atoms with Crippen LogP contribution >= 0.6 is 22.9 Å². The molecule has 1 aliphatic heterocycles. The van der Waals surface area contributed by atoms with Crippen LogP contribution in [0.2, 0.25) is 5.02 Å². The van der Waals surface area contributed by atoms with Crippen molar-refractivity contribution in [2.45, 2.75) is 17.7 Å². The first-order chi connectivity index (χ1) is 16.6. The monoisotopic (exact) mass is 541 g/mol. The quantitative estimate of drug-likeness (QED) is 0.474. The number of carbonyl (C=O) groups excluding carboxylic acids is 2. The maximum absolute atomic E-state index is 14.4. The third-order valence-electron chi connectivity index (χ3n) is 5.27. The Balaban J connectivity index is 1.50. The number of fused-ring (bicyclic) bond motifs is 1. The second-order valence-electron chi connectivity index (χ2n) is 7.59. The van der Waals surface area contributed by atoms with Gasteiger partial charge in [-0.2, -0.15) is 0 Å². The molecule has 13 heteroatoms. The van der Waals surface area contributed by atoms with Gasteiger partial charge in [-0.3, -0.25) is 9.59 Å². The molecule has 0 saturated heterocycles. The molecule has 0 spiro atoms. The average molecular weight is 542 g/mol. The first-order valence-electron chi connectivity index (χ1n) is 10.3. The molecule has 2 aromatic carbocycles. The molecule has 35 heavy (non-hydrogen) atoms. The highest BCUT2D eigenvalue weighted by atomic mass is 35.5. The summed E-state index contributed by atoms with van der Waals surface area (Å²) in [6.07, 6.45) is -0.298. The number of carbonyl (C=O) groups is 2. The van der Waals surface area contributed by atoms with Gasteiger partial charge in [0.05, 0.1) is 40.1 Å². The van der Waals surface area contributed by atoms with Gasteiger partial charge in [0.1, 0.15) is 16.5 Å². The number of anilines is 2. The molecule has 8 nitrogen and oxygen atoms in total. The zero-order valence-corrected chi connectivity index (χ0v) is 20.3. The molecule has 0 unspecified atom stereocenters. The Hall–Kier alpha value is -2.93. The number of amides is 2. The predicted molar refractivity (Wildman–Crippen MR) is 127 cm³/mol. The number of hydrogen-bond donors (Lipinski definition) is 2. The third-order valence-corrected chi connectivity index (χ3v) is 8.26. The van der Waals surface area contributed by atoms with E-state index in [2.05, 4.69) is 10.3 Å². The zero-order chi connectivity index (χ0) is 25.3. The van der Waals surface area contributed by atoms with Crippen LogP contribution < -0.4 is 10.2 Å². The number of aliphatic hydroxyl groups is 1. The van der Waals surface area contributed by atoms with Crippen molar-refractivity contribution in [1.29, 1.82) is 0 Å². The van der Waals surface area contributed by atoms with E-state index in [1.165, 1.54) is 4.90 Å². The number of aromatic nitrogens is 1. The van der Waals surface area contributed by atoms with E-state index < -0.39 is 56.6 Å². The highest BCUT2D eigenvalue weighted by molar-refractivity contribution is 7.91. The molecule has 0 atom stereocenters. The molecule has 2 heterocycles. The zero-order valence-electron chi connectivity index (χ0n) is 17.9. The van der Waals surface area contributed by atoms with Gasteiger partial charge in [0, 0.05) is 18.5 Å². The topological polar surface area (TPSA) is 117 Å². The van der Waals surface area contributed by atoms with Gasteiger partial charge in [-0.25, -0.2) is 22.2 Å². The minimum atomic E-state index is -4.07. The molecular formula is C22H18ClF2N3O5S2. The van der Waals surface area contributed by atoms with Crippen molar-refractivity contribution in [3.05, 3.63) is 69.2 Å². The van der Waals surface area contributed by atoms with Gasteiger partial charge in [0.25, 0.3) is 5.91 Å². The summed E-state index contributed by atoms with van der Waals surface area (Å²) in [6, 6.07) is 8.12. The number of aliphatic hydroxyl groups excluding tert-OH is 1. The number of benzene rings is 2. The van der Waals surface area contributed by atoms with E-state index in [9.17, 15) is 26.8 Å². The van der Waals surface area contributed by atoms with Gasteiger partial charge in [0.15, 0.2) is 15.0 Å². The Morgan fingerprint density at radius 3 is 2.57 bits per heavy atom. The molecule has 0 fully saturated rings. The maximum Gasteiger partial charge on any atom is 0.270 e. The van der Waals surface area contributed by atoms with E-state index in [0.29, 0.717) is 46.4 Å². The van der Waals surface area contributed by atoms with Crippen molar-refractivity contribution in [2.24, 2.45) is 0 Å². The number of halogens is 3. The summed E-state index contributed by atoms with van der Waals surface area (Å²) >= 11 is 7.15. The normalized spacial score (nSPS) is 13.6. The van der Waals surface area contributed by atoms with Gasteiger partial charge in [-0.1, -0.05) is 35.1 Å². The molecule has 0 bridgehead atoms. The summed E-state index contributed by atoms with van der Waals surface area (Å²) in [5, 5.41) is 11.8. The molecular weight excluding hydrogens is 524 g/mol. The standard InChI is InChI=1S/C22H18ClF2N3O5S2/c23-14-3-1-2-4-18(14)28-6-5-17-20(21(28)31)34-22(26-17)27-19(30)11-13-15(24)9-12(10-16(13)25)35(32,33)8-7-29/h1-4,9-10,29H,5-8,11H2,(H,26,27,30). The summed E-state index contributed by atoms with van der Waals surface area (Å²) < 4.78 is 52.8. The fourth-order valence-corrected chi connectivity index (χ4v) is 5.83. The number of thiazole rings is 1. The van der Waals surface area contributed by atoms with Crippen molar-refractivity contribution in [1.82, 2.24) is 4.98 Å². The van der Waals surface area contributed by atoms with Gasteiger partial charge in [0.2, 0.25) is 5.91 Å². The maximum atomic E-state index is 14.4. The molecule has 2 N–H and O–H groups in total. The summed E-state index contributed by atoms with van der Waals surface area (Å²) in [4.78, 5) is 30.9. The lowest BCUT2D eigenvalue weighted by molar-refractivity contribution is -0.115. The van der Waals surface area contributed by atoms with Crippen molar-refractivity contribution in [3.8, 4) is 0 Å². The van der Waals surface area contributed by atoms with Crippen LogP contribution in [0.5, 0.6) is 0 Å². The first-order valence-corrected chi connectivity index (χ1v) is 13.1. The number of nitrogens with zero attached hydrogens (tertiary/aromatic N) is 2. The Morgan fingerprint density at radius 1 is 1.23 bits per heavy atom. The van der Waals surface area contributed by atoms with Crippen LogP contribution in [0.25, 0.3) is 0 Å². The van der Waals surface area contributed by atoms with Gasteiger partial charge in [-0.05, 0) is 24.3 Å². The Labute approximate surface area is 208 Å². The molecule has 0 aliphatic carbocycles. The van der Waals surface area contributed by atoms with E-state index in [1.54, 1.807) is 24.3 Å². The van der Waals surface area contributed by atoms with E-state index in [-0.39, 0.29) is 11.0 Å². The Bertz CT molecular complexity index is 1410. The Kier molecular flexibility index (Phi) is 7.17. The second-order valence-corrected chi connectivity index (χ2v) is 11.1. The van der Waals surface area contributed by atoms with Gasteiger partial charge in [-0.15, -0.1) is 0 Å². The lowest BCUT2D eigenvalue weighted by Crippen LogP contribution is -2.37. The molecule has 4 rings (SSSR count). The number of sulfone groups is 1. The summed E-state index contributed by atoms with van der Waals surface area (Å²) in [5.74, 6) is -4.22. The minimum Gasteiger partial charge on any atom is -0.395 e. The highest BCUT2D eigenvalue weighted by Gasteiger charge is 2.31. The smallest absolute Gasteiger partial charge is 0.270 e. The number of hydrogen-bond acceptors (Lipinski definition) is 7. The van der Waals surface area contributed by atoms with E-state index in [1.807, 2.05) is 0 Å². The van der Waals surface area contributed by atoms with Crippen molar-refractivity contribution >= 4 is 55.4 Å². The number of para-hydroxylation sites is 1. The number of rotatable bonds is 7. The van der Waals surface area contributed by atoms with Gasteiger partial charge >= 0.3 is 0 Å². The molecule has 3 aromatic rings. The average Bonchev–Trinajstić information content (AvgIpc) is 3.20. The lowest BCUT2D eigenvalue weighted by Gasteiger charge is -2.26. The van der Waals surface area contributed by atoms with Crippen molar-refractivity contribution in [2.75, 3.05) is 29.1 Å².